The summed E-state index contributed by atoms with van der Waals surface area (Å²) in [6.07, 6.45) is 0. The van der Waals surface area contributed by atoms with Crippen molar-refractivity contribution in [3.63, 3.8) is 0 Å². The van der Waals surface area contributed by atoms with Gasteiger partial charge in [-0.05, 0) is 48.9 Å². The van der Waals surface area contributed by atoms with Crippen LogP contribution in [0.2, 0.25) is 0 Å². The number of para-hydroxylation sites is 1. The summed E-state index contributed by atoms with van der Waals surface area (Å²) in [7, 11) is 0. The summed E-state index contributed by atoms with van der Waals surface area (Å²) in [6.45, 7) is 5.22. The van der Waals surface area contributed by atoms with E-state index in [4.69, 9.17) is 0 Å². The predicted octanol–water partition coefficient (Wildman–Crippen LogP) is 3.50. The second-order valence-electron chi connectivity index (χ2n) is 4.86. The molecule has 0 atom stereocenters. The van der Waals surface area contributed by atoms with E-state index in [-0.39, 0.29) is 11.7 Å². The van der Waals surface area contributed by atoms with E-state index < -0.39 is 0 Å². The lowest BCUT2D eigenvalue weighted by atomic mass is 10.1. The van der Waals surface area contributed by atoms with Crippen molar-refractivity contribution in [2.45, 2.75) is 20.4 Å². The quantitative estimate of drug-likeness (QED) is 0.883. The Labute approximate surface area is 124 Å². The van der Waals surface area contributed by atoms with Gasteiger partial charge in [-0.2, -0.15) is 0 Å². The summed E-state index contributed by atoms with van der Waals surface area (Å²) in [5.41, 5.74) is 2.70. The van der Waals surface area contributed by atoms with Gasteiger partial charge in [0, 0.05) is 17.8 Å². The molecule has 0 saturated heterocycles. The summed E-state index contributed by atoms with van der Waals surface area (Å²) in [5.74, 6) is -0.541. The van der Waals surface area contributed by atoms with E-state index in [9.17, 15) is 9.18 Å². The first-order valence-corrected chi connectivity index (χ1v) is 6.98. The fourth-order valence-corrected chi connectivity index (χ4v) is 2.04. The van der Waals surface area contributed by atoms with Crippen LogP contribution >= 0.6 is 0 Å². The molecule has 0 aliphatic heterocycles. The van der Waals surface area contributed by atoms with Crippen LogP contribution in [0.25, 0.3) is 0 Å². The van der Waals surface area contributed by atoms with Crippen molar-refractivity contribution in [3.8, 4) is 0 Å². The first kappa shape index (κ1) is 15.2. The molecule has 0 aromatic heterocycles. The Hall–Kier alpha value is -2.20. The van der Waals surface area contributed by atoms with Gasteiger partial charge in [0.05, 0.1) is 0 Å². The number of hydrogen-bond donors (Lipinski definition) is 2. The van der Waals surface area contributed by atoms with Crippen molar-refractivity contribution in [3.05, 3.63) is 65.0 Å². The maximum absolute atomic E-state index is 13.3. The van der Waals surface area contributed by atoms with Gasteiger partial charge in [-0.1, -0.05) is 25.1 Å². The predicted molar refractivity (Wildman–Crippen MR) is 82.9 cm³/mol. The van der Waals surface area contributed by atoms with Gasteiger partial charge in [0.2, 0.25) is 0 Å². The molecule has 0 saturated carbocycles. The highest BCUT2D eigenvalue weighted by Crippen LogP contribution is 2.17. The normalized spacial score (nSPS) is 10.4. The van der Waals surface area contributed by atoms with Crippen LogP contribution in [-0.2, 0) is 6.54 Å². The minimum absolute atomic E-state index is 0.234. The molecule has 0 unspecified atom stereocenters. The van der Waals surface area contributed by atoms with Crippen LogP contribution in [0, 0.1) is 12.7 Å². The smallest absolute Gasteiger partial charge is 0.255 e. The number of anilines is 1. The van der Waals surface area contributed by atoms with Gasteiger partial charge in [-0.25, -0.2) is 4.39 Å². The molecule has 0 fully saturated rings. The van der Waals surface area contributed by atoms with E-state index in [0.29, 0.717) is 17.7 Å². The van der Waals surface area contributed by atoms with E-state index in [1.54, 1.807) is 13.0 Å². The van der Waals surface area contributed by atoms with Crippen molar-refractivity contribution in [2.24, 2.45) is 0 Å². The number of aryl methyl sites for hydroxylation is 1. The second-order valence-corrected chi connectivity index (χ2v) is 4.86. The van der Waals surface area contributed by atoms with Crippen LogP contribution in [0.15, 0.2) is 42.5 Å². The number of carbonyl (C=O) groups excluding carboxylic acids is 1. The van der Waals surface area contributed by atoms with Crippen LogP contribution < -0.4 is 10.6 Å². The summed E-state index contributed by atoms with van der Waals surface area (Å²) in [4.78, 5) is 12.2. The van der Waals surface area contributed by atoms with Crippen molar-refractivity contribution in [2.75, 3.05) is 11.9 Å². The van der Waals surface area contributed by atoms with Crippen molar-refractivity contribution < 1.29 is 9.18 Å². The zero-order valence-electron chi connectivity index (χ0n) is 12.2. The molecule has 21 heavy (non-hydrogen) atoms. The zero-order chi connectivity index (χ0) is 15.2. The molecule has 2 N–H and O–H groups in total. The molecule has 2 aromatic carbocycles. The van der Waals surface area contributed by atoms with Crippen molar-refractivity contribution in [1.82, 2.24) is 5.32 Å². The van der Waals surface area contributed by atoms with Crippen LogP contribution in [0.4, 0.5) is 10.1 Å². The Bertz CT molecular complexity index is 640. The first-order valence-electron chi connectivity index (χ1n) is 6.98. The Kier molecular flexibility index (Phi) is 5.06. The topological polar surface area (TPSA) is 41.1 Å². The highest BCUT2D eigenvalue weighted by molar-refractivity contribution is 6.04. The zero-order valence-corrected chi connectivity index (χ0v) is 12.2. The van der Waals surface area contributed by atoms with E-state index in [0.717, 1.165) is 17.8 Å². The molecule has 0 heterocycles. The lowest BCUT2D eigenvalue weighted by Crippen LogP contribution is -2.17. The number of halogens is 1. The number of amides is 1. The SMILES string of the molecule is CCNCc1ccccc1NC(=O)c1ccc(F)c(C)c1. The van der Waals surface area contributed by atoms with Crippen molar-refractivity contribution in [1.29, 1.82) is 0 Å². The molecule has 0 aliphatic rings. The number of carbonyl (C=O) groups is 1. The first-order chi connectivity index (χ1) is 10.1. The molecule has 0 radical (unpaired) electrons. The highest BCUT2D eigenvalue weighted by atomic mass is 19.1. The maximum atomic E-state index is 13.3. The summed E-state index contributed by atoms with van der Waals surface area (Å²) in [5, 5.41) is 6.11. The van der Waals surface area contributed by atoms with Gasteiger partial charge >= 0.3 is 0 Å². The third-order valence-corrected chi connectivity index (χ3v) is 3.25. The van der Waals surface area contributed by atoms with Gasteiger partial charge in [0.25, 0.3) is 5.91 Å². The minimum atomic E-state index is -0.306. The monoisotopic (exact) mass is 286 g/mol. The number of benzene rings is 2. The molecule has 4 heteroatoms. The molecule has 110 valence electrons. The summed E-state index contributed by atoms with van der Waals surface area (Å²) in [6, 6.07) is 12.0. The largest absolute Gasteiger partial charge is 0.322 e. The minimum Gasteiger partial charge on any atom is -0.322 e. The molecule has 2 rings (SSSR count). The molecule has 3 nitrogen and oxygen atoms in total. The van der Waals surface area contributed by atoms with E-state index in [1.807, 2.05) is 31.2 Å². The Morgan fingerprint density at radius 3 is 2.67 bits per heavy atom. The highest BCUT2D eigenvalue weighted by Gasteiger charge is 2.10. The number of nitrogens with one attached hydrogen (secondary N) is 2. The Morgan fingerprint density at radius 2 is 1.95 bits per heavy atom. The number of hydrogen-bond acceptors (Lipinski definition) is 2. The average Bonchev–Trinajstić information content (AvgIpc) is 2.49. The molecule has 2 aromatic rings. The van der Waals surface area contributed by atoms with Gasteiger partial charge in [0.1, 0.15) is 5.82 Å². The van der Waals surface area contributed by atoms with Crippen molar-refractivity contribution >= 4 is 11.6 Å². The molecule has 1 amide bonds. The fraction of sp³-hybridized carbons (Fsp3) is 0.235. The fourth-order valence-electron chi connectivity index (χ4n) is 2.04. The Morgan fingerprint density at radius 1 is 1.19 bits per heavy atom. The van der Waals surface area contributed by atoms with Gasteiger partial charge in [-0.3, -0.25) is 4.79 Å². The van der Waals surface area contributed by atoms with E-state index in [1.165, 1.54) is 12.1 Å². The van der Waals surface area contributed by atoms with Crippen LogP contribution in [0.5, 0.6) is 0 Å². The molecular formula is C17H19FN2O. The van der Waals surface area contributed by atoms with Crippen LogP contribution in [0.3, 0.4) is 0 Å². The standard InChI is InChI=1S/C17H19FN2O/c1-3-19-11-14-6-4-5-7-16(14)20-17(21)13-8-9-15(18)12(2)10-13/h4-10,19H,3,11H2,1-2H3,(H,20,21). The lowest BCUT2D eigenvalue weighted by molar-refractivity contribution is 0.102. The summed E-state index contributed by atoms with van der Waals surface area (Å²) >= 11 is 0. The molecule has 0 aliphatic carbocycles. The van der Waals surface area contributed by atoms with E-state index in [2.05, 4.69) is 10.6 Å². The molecule has 0 spiro atoms. The maximum Gasteiger partial charge on any atom is 0.255 e. The lowest BCUT2D eigenvalue weighted by Gasteiger charge is -2.11. The molecule has 0 bridgehead atoms. The van der Waals surface area contributed by atoms with Crippen LogP contribution in [-0.4, -0.2) is 12.5 Å². The van der Waals surface area contributed by atoms with Gasteiger partial charge < -0.3 is 10.6 Å². The van der Waals surface area contributed by atoms with Gasteiger partial charge in [-0.15, -0.1) is 0 Å². The Balaban J connectivity index is 2.17. The summed E-state index contributed by atoms with van der Waals surface area (Å²) < 4.78 is 13.3. The van der Waals surface area contributed by atoms with Crippen LogP contribution in [0.1, 0.15) is 28.4 Å². The average molecular weight is 286 g/mol. The third-order valence-electron chi connectivity index (χ3n) is 3.25. The third kappa shape index (κ3) is 3.89. The molecular weight excluding hydrogens is 267 g/mol. The van der Waals surface area contributed by atoms with Gasteiger partial charge in [0.15, 0.2) is 0 Å². The second kappa shape index (κ2) is 6.99. The van der Waals surface area contributed by atoms with E-state index >= 15 is 0 Å². The number of rotatable bonds is 5.